The van der Waals surface area contributed by atoms with E-state index in [9.17, 15) is 18.0 Å². The molecule has 8 nitrogen and oxygen atoms in total. The quantitative estimate of drug-likeness (QED) is 0.554. The normalized spacial score (nSPS) is 16.6. The van der Waals surface area contributed by atoms with Crippen molar-refractivity contribution in [2.75, 3.05) is 38.0 Å². The van der Waals surface area contributed by atoms with E-state index < -0.39 is 10.0 Å². The monoisotopic (exact) mass is 532 g/mol. The highest BCUT2D eigenvalue weighted by Gasteiger charge is 2.32. The van der Waals surface area contributed by atoms with Gasteiger partial charge in [0.15, 0.2) is 0 Å². The first-order valence-corrected chi connectivity index (χ1v) is 15.0. The highest BCUT2D eigenvalue weighted by atomic mass is 32.2. The average Bonchev–Trinajstić information content (AvgIpc) is 3.52. The molecule has 196 valence electrons. The topological polar surface area (TPSA) is 90.0 Å². The number of rotatable bonds is 8. The SMILES string of the molecule is CCN(CC)S(=O)(=O)c1ccc(C(=O)Nc2sc3c(c2C(=O)N2CCCC2)CCN(C(C)C)C3)cc1. The zero-order chi connectivity index (χ0) is 26.0. The van der Waals surface area contributed by atoms with E-state index in [1.54, 1.807) is 13.8 Å². The van der Waals surface area contributed by atoms with Crippen LogP contribution in [0.5, 0.6) is 0 Å². The predicted molar refractivity (Wildman–Crippen MR) is 143 cm³/mol. The molecule has 2 aliphatic heterocycles. The van der Waals surface area contributed by atoms with Gasteiger partial charge >= 0.3 is 0 Å². The van der Waals surface area contributed by atoms with Crippen molar-refractivity contribution < 1.29 is 18.0 Å². The van der Waals surface area contributed by atoms with Crippen molar-refractivity contribution in [1.82, 2.24) is 14.1 Å². The minimum absolute atomic E-state index is 0.000962. The Morgan fingerprint density at radius 3 is 2.28 bits per heavy atom. The van der Waals surface area contributed by atoms with Crippen LogP contribution in [-0.4, -0.2) is 73.1 Å². The summed E-state index contributed by atoms with van der Waals surface area (Å²) in [5.74, 6) is -0.351. The van der Waals surface area contributed by atoms with E-state index in [2.05, 4.69) is 24.1 Å². The molecule has 2 aliphatic rings. The van der Waals surface area contributed by atoms with Crippen LogP contribution >= 0.6 is 11.3 Å². The van der Waals surface area contributed by atoms with Crippen molar-refractivity contribution in [1.29, 1.82) is 0 Å². The number of nitrogens with one attached hydrogen (secondary N) is 1. The number of hydrogen-bond acceptors (Lipinski definition) is 6. The highest BCUT2D eigenvalue weighted by molar-refractivity contribution is 7.89. The summed E-state index contributed by atoms with van der Waals surface area (Å²) in [4.78, 5) is 32.3. The summed E-state index contributed by atoms with van der Waals surface area (Å²) in [7, 11) is -3.60. The molecular weight excluding hydrogens is 496 g/mol. The molecule has 4 rings (SSSR count). The number of carbonyl (C=O) groups excluding carboxylic acids is 2. The molecule has 36 heavy (non-hydrogen) atoms. The molecular formula is C26H36N4O4S2. The fraction of sp³-hybridized carbons (Fsp3) is 0.538. The highest BCUT2D eigenvalue weighted by Crippen LogP contribution is 2.39. The van der Waals surface area contributed by atoms with E-state index in [4.69, 9.17) is 0 Å². The lowest BCUT2D eigenvalue weighted by Crippen LogP contribution is -2.36. The van der Waals surface area contributed by atoms with Crippen molar-refractivity contribution in [3.05, 3.63) is 45.8 Å². The molecule has 1 fully saturated rings. The van der Waals surface area contributed by atoms with Gasteiger partial charge in [-0.1, -0.05) is 13.8 Å². The first-order chi connectivity index (χ1) is 17.2. The van der Waals surface area contributed by atoms with Gasteiger partial charge in [0, 0.05) is 55.8 Å². The standard InChI is InChI=1S/C26H36N4O4S2/c1-5-30(6-2)36(33,34)20-11-9-19(10-12-20)24(31)27-25-23(26(32)28-14-7-8-15-28)21-13-16-29(18(3)4)17-22(21)35-25/h9-12,18H,5-8,13-17H2,1-4H3,(H,27,31). The Balaban J connectivity index is 1.61. The minimum atomic E-state index is -3.60. The second-order valence-electron chi connectivity index (χ2n) is 9.59. The van der Waals surface area contributed by atoms with Gasteiger partial charge < -0.3 is 10.2 Å². The second-order valence-corrected chi connectivity index (χ2v) is 12.6. The van der Waals surface area contributed by atoms with E-state index in [1.165, 1.54) is 39.9 Å². The summed E-state index contributed by atoms with van der Waals surface area (Å²) < 4.78 is 26.9. The first-order valence-electron chi connectivity index (χ1n) is 12.8. The fourth-order valence-electron chi connectivity index (χ4n) is 4.92. The van der Waals surface area contributed by atoms with Crippen LogP contribution in [0.25, 0.3) is 0 Å². The fourth-order valence-corrected chi connectivity index (χ4v) is 7.64. The summed E-state index contributed by atoms with van der Waals surface area (Å²) in [5.41, 5.74) is 2.04. The summed E-state index contributed by atoms with van der Waals surface area (Å²) >= 11 is 1.49. The smallest absolute Gasteiger partial charge is 0.257 e. The maximum atomic E-state index is 13.5. The number of thiophene rings is 1. The molecule has 0 saturated carbocycles. The number of fused-ring (bicyclic) bond motifs is 1. The van der Waals surface area contributed by atoms with Gasteiger partial charge in [0.1, 0.15) is 5.00 Å². The molecule has 0 bridgehead atoms. The summed E-state index contributed by atoms with van der Waals surface area (Å²) in [6.07, 6.45) is 2.79. The predicted octanol–water partition coefficient (Wildman–Crippen LogP) is 4.03. The van der Waals surface area contributed by atoms with Gasteiger partial charge in [0.25, 0.3) is 11.8 Å². The Morgan fingerprint density at radius 1 is 1.06 bits per heavy atom. The largest absolute Gasteiger partial charge is 0.339 e. The van der Waals surface area contributed by atoms with Crippen LogP contribution in [0.1, 0.15) is 71.7 Å². The molecule has 1 aromatic carbocycles. The number of likely N-dealkylation sites (tertiary alicyclic amines) is 1. The maximum absolute atomic E-state index is 13.5. The molecule has 0 unspecified atom stereocenters. The summed E-state index contributed by atoms with van der Waals surface area (Å²) in [5, 5.41) is 3.58. The van der Waals surface area contributed by atoms with Gasteiger partial charge in [-0.2, -0.15) is 4.31 Å². The molecule has 0 aliphatic carbocycles. The Morgan fingerprint density at radius 2 is 1.69 bits per heavy atom. The lowest BCUT2D eigenvalue weighted by Gasteiger charge is -2.30. The summed E-state index contributed by atoms with van der Waals surface area (Å²) in [6, 6.07) is 6.41. The van der Waals surface area contributed by atoms with E-state index in [-0.39, 0.29) is 16.7 Å². The Bertz CT molecular complexity index is 1210. The average molecular weight is 533 g/mol. The minimum Gasteiger partial charge on any atom is -0.339 e. The van der Waals surface area contributed by atoms with Crippen LogP contribution in [0.2, 0.25) is 0 Å². The van der Waals surface area contributed by atoms with E-state index in [1.807, 2.05) is 4.90 Å². The number of anilines is 1. The van der Waals surface area contributed by atoms with Crippen molar-refractivity contribution in [2.45, 2.75) is 64.4 Å². The lowest BCUT2D eigenvalue weighted by molar-refractivity contribution is 0.0792. The van der Waals surface area contributed by atoms with Crippen molar-refractivity contribution in [3.8, 4) is 0 Å². The van der Waals surface area contributed by atoms with Crippen LogP contribution in [-0.2, 0) is 23.0 Å². The molecule has 10 heteroatoms. The molecule has 2 aromatic rings. The number of nitrogens with zero attached hydrogens (tertiary/aromatic N) is 3. The van der Waals surface area contributed by atoms with E-state index in [0.29, 0.717) is 35.3 Å². The van der Waals surface area contributed by atoms with Gasteiger partial charge in [-0.3, -0.25) is 14.5 Å². The Kier molecular flexibility index (Phi) is 8.18. The summed E-state index contributed by atoms with van der Waals surface area (Å²) in [6.45, 7) is 11.8. The van der Waals surface area contributed by atoms with Crippen molar-refractivity contribution >= 4 is 38.2 Å². The molecule has 3 heterocycles. The Labute approximate surface area is 218 Å². The third-order valence-electron chi connectivity index (χ3n) is 7.11. The van der Waals surface area contributed by atoms with Gasteiger partial charge in [-0.15, -0.1) is 11.3 Å². The van der Waals surface area contributed by atoms with Crippen LogP contribution < -0.4 is 5.32 Å². The van der Waals surface area contributed by atoms with Crippen LogP contribution in [0.4, 0.5) is 5.00 Å². The van der Waals surface area contributed by atoms with Crippen LogP contribution in [0.3, 0.4) is 0 Å². The third-order valence-corrected chi connectivity index (χ3v) is 10.3. The van der Waals surface area contributed by atoms with Crippen LogP contribution in [0, 0.1) is 0 Å². The molecule has 1 N–H and O–H groups in total. The maximum Gasteiger partial charge on any atom is 0.257 e. The molecule has 2 amide bonds. The van der Waals surface area contributed by atoms with Gasteiger partial charge in [-0.25, -0.2) is 8.42 Å². The Hall–Kier alpha value is -2.27. The van der Waals surface area contributed by atoms with Crippen molar-refractivity contribution in [3.63, 3.8) is 0 Å². The molecule has 0 spiro atoms. The first kappa shape index (κ1) is 26.8. The number of hydrogen-bond donors (Lipinski definition) is 1. The lowest BCUT2D eigenvalue weighted by atomic mass is 10.0. The molecule has 0 radical (unpaired) electrons. The zero-order valence-electron chi connectivity index (χ0n) is 21.5. The molecule has 1 aromatic heterocycles. The molecule has 0 atom stereocenters. The third kappa shape index (κ3) is 5.22. The number of benzene rings is 1. The second kappa shape index (κ2) is 11.0. The van der Waals surface area contributed by atoms with Crippen LogP contribution in [0.15, 0.2) is 29.2 Å². The van der Waals surface area contributed by atoms with E-state index in [0.717, 1.165) is 55.9 Å². The zero-order valence-corrected chi connectivity index (χ0v) is 23.2. The van der Waals surface area contributed by atoms with Crippen molar-refractivity contribution in [2.24, 2.45) is 0 Å². The number of sulfonamides is 1. The van der Waals surface area contributed by atoms with Gasteiger partial charge in [0.2, 0.25) is 10.0 Å². The number of carbonyl (C=O) groups is 2. The van der Waals surface area contributed by atoms with Gasteiger partial charge in [-0.05, 0) is 62.9 Å². The van der Waals surface area contributed by atoms with E-state index >= 15 is 0 Å². The molecule has 1 saturated heterocycles. The van der Waals surface area contributed by atoms with Gasteiger partial charge in [0.05, 0.1) is 10.5 Å². The number of amides is 2.